The fourth-order valence-electron chi connectivity index (χ4n) is 3.30. The number of para-hydroxylation sites is 1. The maximum Gasteiger partial charge on any atom is 0.213 e. The first kappa shape index (κ1) is 15.7. The van der Waals surface area contributed by atoms with Crippen LogP contribution in [-0.2, 0) is 0 Å². The number of rotatable bonds is 1. The third-order valence-corrected chi connectivity index (χ3v) is 4.39. The number of hydrogen-bond acceptors (Lipinski definition) is 3. The average molecular weight is 340 g/mol. The van der Waals surface area contributed by atoms with E-state index in [1.54, 1.807) is 6.07 Å². The van der Waals surface area contributed by atoms with Gasteiger partial charge in [0.15, 0.2) is 0 Å². The Morgan fingerprint density at radius 2 is 2.00 bits per heavy atom. The summed E-state index contributed by atoms with van der Waals surface area (Å²) in [6.45, 7) is 0. The van der Waals surface area contributed by atoms with Crippen LogP contribution in [-0.4, -0.2) is 16.7 Å². The molecule has 6 heteroatoms. The molecule has 0 amide bonds. The number of hydrogen-bond donors (Lipinski definition) is 4. The Morgan fingerprint density at radius 1 is 1.15 bits per heavy atom. The van der Waals surface area contributed by atoms with E-state index in [0.717, 1.165) is 28.1 Å². The predicted molar refractivity (Wildman–Crippen MR) is 101 cm³/mol. The summed E-state index contributed by atoms with van der Waals surface area (Å²) in [7, 11) is 0. The molecule has 0 fully saturated rings. The second-order valence-electron chi connectivity index (χ2n) is 6.01. The Labute approximate surface area is 150 Å². The zero-order chi connectivity index (χ0) is 18.1. The van der Waals surface area contributed by atoms with E-state index in [2.05, 4.69) is 21.4 Å². The van der Waals surface area contributed by atoms with Crippen LogP contribution >= 0.6 is 0 Å². The molecule has 1 aliphatic rings. The monoisotopic (exact) mass is 340 g/mol. The number of aromatic amines is 1. The molecular formula is C20H16N6. The van der Waals surface area contributed by atoms with Crippen molar-refractivity contribution in [2.24, 2.45) is 10.7 Å². The van der Waals surface area contributed by atoms with Gasteiger partial charge in [0.2, 0.25) is 5.96 Å². The van der Waals surface area contributed by atoms with Crippen LogP contribution in [0.25, 0.3) is 0 Å². The highest BCUT2D eigenvalue weighted by Gasteiger charge is 2.28. The Morgan fingerprint density at radius 3 is 2.81 bits per heavy atom. The van der Waals surface area contributed by atoms with Crippen LogP contribution in [0.4, 0.5) is 5.69 Å². The van der Waals surface area contributed by atoms with Crippen LogP contribution in [0.5, 0.6) is 0 Å². The van der Waals surface area contributed by atoms with Gasteiger partial charge in [-0.3, -0.25) is 5.41 Å². The lowest BCUT2D eigenvalue weighted by atomic mass is 9.96. The lowest BCUT2D eigenvalue weighted by molar-refractivity contribution is 0.942. The number of anilines is 1. The van der Waals surface area contributed by atoms with E-state index >= 15 is 0 Å². The van der Waals surface area contributed by atoms with Gasteiger partial charge in [-0.05, 0) is 29.8 Å². The molecule has 6 nitrogen and oxygen atoms in total. The van der Waals surface area contributed by atoms with E-state index in [1.165, 1.54) is 0 Å². The van der Waals surface area contributed by atoms with Crippen molar-refractivity contribution in [2.45, 2.75) is 6.04 Å². The molecule has 1 atom stereocenters. The minimum Gasteiger partial charge on any atom is -0.374 e. The van der Waals surface area contributed by atoms with Crippen molar-refractivity contribution in [2.75, 3.05) is 5.32 Å². The summed E-state index contributed by atoms with van der Waals surface area (Å²) in [5.74, 6) is -0.250. The molecule has 1 aromatic heterocycles. The first-order valence-electron chi connectivity index (χ1n) is 8.13. The maximum absolute atomic E-state index is 9.24. The molecule has 0 bridgehead atoms. The highest BCUT2D eigenvalue weighted by molar-refractivity contribution is 6.19. The topological polar surface area (TPSA) is 114 Å². The van der Waals surface area contributed by atoms with Crippen molar-refractivity contribution in [1.29, 1.82) is 10.7 Å². The zero-order valence-electron chi connectivity index (χ0n) is 13.8. The number of guanidine groups is 1. The van der Waals surface area contributed by atoms with Crippen LogP contribution in [0.15, 0.2) is 65.8 Å². The molecule has 5 N–H and O–H groups in total. The van der Waals surface area contributed by atoms with Gasteiger partial charge in [0.1, 0.15) is 5.71 Å². The normalized spacial score (nSPS) is 16.7. The smallest absolute Gasteiger partial charge is 0.213 e. The first-order chi connectivity index (χ1) is 12.7. The molecule has 3 aromatic rings. The first-order valence-corrected chi connectivity index (χ1v) is 8.13. The second kappa shape index (κ2) is 6.22. The van der Waals surface area contributed by atoms with E-state index in [1.807, 2.05) is 54.7 Å². The molecule has 0 saturated carbocycles. The number of nitriles is 1. The number of H-pyrrole nitrogens is 1. The minimum atomic E-state index is -0.250. The van der Waals surface area contributed by atoms with Crippen molar-refractivity contribution in [3.63, 3.8) is 0 Å². The molecule has 1 unspecified atom stereocenters. The van der Waals surface area contributed by atoms with Crippen molar-refractivity contribution >= 4 is 17.4 Å². The highest BCUT2D eigenvalue weighted by Crippen LogP contribution is 2.35. The second-order valence-corrected chi connectivity index (χ2v) is 6.01. The van der Waals surface area contributed by atoms with Crippen molar-refractivity contribution < 1.29 is 0 Å². The summed E-state index contributed by atoms with van der Waals surface area (Å²) < 4.78 is 0. The maximum atomic E-state index is 9.24. The summed E-state index contributed by atoms with van der Waals surface area (Å²) in [6, 6.07) is 19.3. The molecular weight excluding hydrogens is 324 g/mol. The molecule has 0 saturated heterocycles. The van der Waals surface area contributed by atoms with Crippen molar-refractivity contribution in [1.82, 2.24) is 4.98 Å². The summed E-state index contributed by atoms with van der Waals surface area (Å²) in [4.78, 5) is 7.50. The van der Waals surface area contributed by atoms with E-state index in [9.17, 15) is 5.26 Å². The van der Waals surface area contributed by atoms with Gasteiger partial charge < -0.3 is 16.0 Å². The van der Waals surface area contributed by atoms with Gasteiger partial charge in [-0.1, -0.05) is 30.3 Å². The summed E-state index contributed by atoms with van der Waals surface area (Å²) in [5.41, 5.74) is 11.3. The zero-order valence-corrected chi connectivity index (χ0v) is 13.8. The Bertz CT molecular complexity index is 1070. The molecule has 4 rings (SSSR count). The van der Waals surface area contributed by atoms with Gasteiger partial charge in [0, 0.05) is 23.0 Å². The molecule has 2 heterocycles. The summed E-state index contributed by atoms with van der Waals surface area (Å²) >= 11 is 0. The van der Waals surface area contributed by atoms with Crippen LogP contribution in [0.3, 0.4) is 0 Å². The molecule has 0 radical (unpaired) electrons. The molecule has 0 aliphatic carbocycles. The minimum absolute atomic E-state index is 0.162. The Hall–Kier alpha value is -3.85. The third kappa shape index (κ3) is 2.62. The lowest BCUT2D eigenvalue weighted by Gasteiger charge is -2.19. The number of nitrogens with zero attached hydrogens (tertiary/aromatic N) is 2. The number of benzene rings is 2. The highest BCUT2D eigenvalue weighted by atomic mass is 15.0. The number of nitrogens with one attached hydrogen (secondary N) is 3. The standard InChI is InChI=1S/C20H16N6/c21-11-12-4-3-5-13(10-12)17-15-8-9-24-18(15)19(26-20(22)23)14-6-1-2-7-16(14)25-17/h1-10,17,24-25H,(H3,22,23). The molecule has 0 spiro atoms. The molecule has 2 aromatic carbocycles. The van der Waals surface area contributed by atoms with E-state index < -0.39 is 0 Å². The quantitative estimate of drug-likeness (QED) is 0.403. The van der Waals surface area contributed by atoms with E-state index in [0.29, 0.717) is 11.3 Å². The van der Waals surface area contributed by atoms with Gasteiger partial charge in [-0.25, -0.2) is 4.99 Å². The van der Waals surface area contributed by atoms with Gasteiger partial charge in [0.05, 0.1) is 23.4 Å². The van der Waals surface area contributed by atoms with Crippen LogP contribution in [0, 0.1) is 16.7 Å². The number of nitrogens with two attached hydrogens (primary N) is 1. The van der Waals surface area contributed by atoms with E-state index in [4.69, 9.17) is 11.1 Å². The van der Waals surface area contributed by atoms with Gasteiger partial charge >= 0.3 is 0 Å². The van der Waals surface area contributed by atoms with Gasteiger partial charge in [-0.2, -0.15) is 5.26 Å². The van der Waals surface area contributed by atoms with Crippen molar-refractivity contribution in [3.05, 3.63) is 88.7 Å². The summed E-state index contributed by atoms with van der Waals surface area (Å²) in [6.07, 6.45) is 1.84. The van der Waals surface area contributed by atoms with Crippen molar-refractivity contribution in [3.8, 4) is 6.07 Å². The Balaban J connectivity index is 1.96. The Kier molecular flexibility index (Phi) is 3.75. The molecule has 126 valence electrons. The number of aromatic nitrogens is 1. The lowest BCUT2D eigenvalue weighted by Crippen LogP contribution is -2.14. The largest absolute Gasteiger partial charge is 0.374 e. The molecule has 26 heavy (non-hydrogen) atoms. The fourth-order valence-corrected chi connectivity index (χ4v) is 3.30. The summed E-state index contributed by atoms with van der Waals surface area (Å²) in [5, 5.41) is 20.4. The predicted octanol–water partition coefficient (Wildman–Crippen LogP) is 3.13. The SMILES string of the molecule is N#Cc1cccc(C2Nc3ccccc3C(=NC(=N)N)c3[nH]ccc32)c1. The van der Waals surface area contributed by atoms with Crippen LogP contribution in [0.1, 0.15) is 34.0 Å². The fraction of sp³-hybridized carbons (Fsp3) is 0.0500. The van der Waals surface area contributed by atoms with Gasteiger partial charge in [0.25, 0.3) is 0 Å². The van der Waals surface area contributed by atoms with Crippen LogP contribution < -0.4 is 11.1 Å². The average Bonchev–Trinajstić information content (AvgIpc) is 3.09. The number of fused-ring (bicyclic) bond motifs is 2. The van der Waals surface area contributed by atoms with Crippen LogP contribution in [0.2, 0.25) is 0 Å². The molecule has 1 aliphatic heterocycles. The number of aliphatic imine (C=N–C) groups is 1. The van der Waals surface area contributed by atoms with Gasteiger partial charge in [-0.15, -0.1) is 0 Å². The third-order valence-electron chi connectivity index (χ3n) is 4.39. The van der Waals surface area contributed by atoms with E-state index in [-0.39, 0.29) is 12.0 Å².